The van der Waals surface area contributed by atoms with E-state index in [0.29, 0.717) is 29.7 Å². The number of carbonyl (C=O) groups excluding carboxylic acids is 4. The number of nitrogens with zero attached hydrogens (tertiary/aromatic N) is 2. The van der Waals surface area contributed by atoms with Crippen molar-refractivity contribution in [1.82, 2.24) is 4.90 Å². The summed E-state index contributed by atoms with van der Waals surface area (Å²) in [5.74, 6) is -2.54. The molecule has 2 heterocycles. The number of ether oxygens (including phenoxy) is 1. The lowest BCUT2D eigenvalue weighted by Crippen LogP contribution is -2.53. The molecule has 7 nitrogen and oxygen atoms in total. The van der Waals surface area contributed by atoms with E-state index in [0.717, 1.165) is 14.9 Å². The first-order valence-electron chi connectivity index (χ1n) is 9.66. The van der Waals surface area contributed by atoms with E-state index in [1.807, 2.05) is 6.07 Å². The molecule has 4 rings (SSSR count). The highest BCUT2D eigenvalue weighted by Gasteiger charge is 2.41. The highest BCUT2D eigenvalue weighted by molar-refractivity contribution is 9.10. The molecule has 0 spiro atoms. The minimum atomic E-state index is -0.958. The molecule has 8 heteroatoms. The van der Waals surface area contributed by atoms with Crippen molar-refractivity contribution >= 4 is 45.3 Å². The predicted octanol–water partition coefficient (Wildman–Crippen LogP) is 2.96. The van der Waals surface area contributed by atoms with Crippen LogP contribution in [0.25, 0.3) is 0 Å². The zero-order valence-electron chi connectivity index (χ0n) is 16.3. The maximum absolute atomic E-state index is 13.0. The van der Waals surface area contributed by atoms with Crippen molar-refractivity contribution in [1.29, 1.82) is 0 Å². The molecular weight excluding hydrogens is 452 g/mol. The number of imide groups is 1. The molecule has 0 aliphatic carbocycles. The van der Waals surface area contributed by atoms with E-state index >= 15 is 0 Å². The molecule has 0 radical (unpaired) electrons. The second-order valence-electron chi connectivity index (χ2n) is 7.13. The van der Waals surface area contributed by atoms with E-state index in [4.69, 9.17) is 4.74 Å². The number of aryl methyl sites for hydroxylation is 1. The SMILES string of the molecule is CCOC(=O)C(=O)N1c2ccc(Br)cc2CCC1CN1C(=O)c2ccccc2C1=O. The van der Waals surface area contributed by atoms with Gasteiger partial charge in [0.15, 0.2) is 0 Å². The lowest BCUT2D eigenvalue weighted by molar-refractivity contribution is -0.153. The molecule has 154 valence electrons. The molecule has 1 atom stereocenters. The van der Waals surface area contributed by atoms with Crippen molar-refractivity contribution in [2.24, 2.45) is 0 Å². The number of anilines is 1. The molecule has 2 aromatic carbocycles. The second-order valence-corrected chi connectivity index (χ2v) is 8.04. The van der Waals surface area contributed by atoms with E-state index in [1.165, 1.54) is 4.90 Å². The molecule has 0 N–H and O–H groups in total. The first-order valence-corrected chi connectivity index (χ1v) is 10.5. The van der Waals surface area contributed by atoms with E-state index in [1.54, 1.807) is 43.3 Å². The van der Waals surface area contributed by atoms with Gasteiger partial charge in [0.2, 0.25) is 0 Å². The van der Waals surface area contributed by atoms with Crippen LogP contribution in [0.4, 0.5) is 5.69 Å². The summed E-state index contributed by atoms with van der Waals surface area (Å²) in [6, 6.07) is 11.6. The maximum atomic E-state index is 13.0. The Morgan fingerprint density at radius 3 is 2.40 bits per heavy atom. The van der Waals surface area contributed by atoms with Crippen LogP contribution in [0.15, 0.2) is 46.9 Å². The zero-order valence-corrected chi connectivity index (χ0v) is 17.8. The van der Waals surface area contributed by atoms with Crippen LogP contribution in [0.3, 0.4) is 0 Å². The summed E-state index contributed by atoms with van der Waals surface area (Å²) in [4.78, 5) is 53.3. The lowest BCUT2D eigenvalue weighted by atomic mass is 9.95. The van der Waals surface area contributed by atoms with E-state index < -0.39 is 17.9 Å². The topological polar surface area (TPSA) is 84.0 Å². The van der Waals surface area contributed by atoms with Gasteiger partial charge < -0.3 is 4.74 Å². The Balaban J connectivity index is 1.67. The Morgan fingerprint density at radius 2 is 1.77 bits per heavy atom. The number of amides is 3. The van der Waals surface area contributed by atoms with E-state index in [-0.39, 0.29) is 25.0 Å². The van der Waals surface area contributed by atoms with Crippen molar-refractivity contribution in [3.63, 3.8) is 0 Å². The van der Waals surface area contributed by atoms with Crippen molar-refractivity contribution in [2.75, 3.05) is 18.1 Å². The third kappa shape index (κ3) is 3.41. The number of hydrogen-bond acceptors (Lipinski definition) is 5. The third-order valence-electron chi connectivity index (χ3n) is 5.35. The largest absolute Gasteiger partial charge is 0.459 e. The monoisotopic (exact) mass is 470 g/mol. The normalized spacial score (nSPS) is 17.6. The molecule has 0 bridgehead atoms. The fourth-order valence-corrected chi connectivity index (χ4v) is 4.40. The Hall–Kier alpha value is -3.00. The van der Waals surface area contributed by atoms with Crippen LogP contribution >= 0.6 is 15.9 Å². The molecular formula is C22H19BrN2O5. The maximum Gasteiger partial charge on any atom is 0.397 e. The highest BCUT2D eigenvalue weighted by atomic mass is 79.9. The van der Waals surface area contributed by atoms with Crippen LogP contribution in [0.5, 0.6) is 0 Å². The number of rotatable bonds is 3. The van der Waals surface area contributed by atoms with Crippen LogP contribution in [0.2, 0.25) is 0 Å². The van der Waals surface area contributed by atoms with Gasteiger partial charge in [-0.25, -0.2) is 4.79 Å². The number of carbonyl (C=O) groups is 4. The first-order chi connectivity index (χ1) is 14.4. The molecule has 2 aliphatic heterocycles. The predicted molar refractivity (Wildman–Crippen MR) is 112 cm³/mol. The van der Waals surface area contributed by atoms with Crippen LogP contribution in [0, 0.1) is 0 Å². The van der Waals surface area contributed by atoms with Gasteiger partial charge in [0, 0.05) is 10.2 Å². The number of benzene rings is 2. The molecule has 0 saturated heterocycles. The Labute approximate surface area is 181 Å². The van der Waals surface area contributed by atoms with Crippen molar-refractivity contribution in [3.05, 3.63) is 63.6 Å². The van der Waals surface area contributed by atoms with Gasteiger partial charge in [-0.1, -0.05) is 28.1 Å². The molecule has 3 amide bonds. The van der Waals surface area contributed by atoms with Crippen LogP contribution in [-0.4, -0.2) is 47.8 Å². The molecule has 0 fully saturated rings. The quantitative estimate of drug-likeness (QED) is 0.391. The first kappa shape index (κ1) is 20.3. The van der Waals surface area contributed by atoms with Crippen LogP contribution < -0.4 is 4.90 Å². The zero-order chi connectivity index (χ0) is 21.4. The number of fused-ring (bicyclic) bond motifs is 2. The smallest absolute Gasteiger partial charge is 0.397 e. The summed E-state index contributed by atoms with van der Waals surface area (Å²) in [7, 11) is 0. The summed E-state index contributed by atoms with van der Waals surface area (Å²) in [6.45, 7) is 1.71. The van der Waals surface area contributed by atoms with Gasteiger partial charge in [-0.05, 0) is 55.7 Å². The Morgan fingerprint density at radius 1 is 1.10 bits per heavy atom. The average molecular weight is 471 g/mol. The van der Waals surface area contributed by atoms with E-state index in [9.17, 15) is 19.2 Å². The highest BCUT2D eigenvalue weighted by Crippen LogP contribution is 2.34. The van der Waals surface area contributed by atoms with Crippen molar-refractivity contribution in [2.45, 2.75) is 25.8 Å². The number of hydrogen-bond donors (Lipinski definition) is 0. The molecule has 2 aromatic rings. The van der Waals surface area contributed by atoms with Crippen molar-refractivity contribution in [3.8, 4) is 0 Å². The van der Waals surface area contributed by atoms with Crippen LogP contribution in [0.1, 0.15) is 39.6 Å². The minimum absolute atomic E-state index is 0.00694. The van der Waals surface area contributed by atoms with Gasteiger partial charge in [0.25, 0.3) is 11.8 Å². The molecule has 1 unspecified atom stereocenters. The minimum Gasteiger partial charge on any atom is -0.459 e. The summed E-state index contributed by atoms with van der Waals surface area (Å²) >= 11 is 3.43. The molecule has 0 saturated carbocycles. The van der Waals surface area contributed by atoms with Gasteiger partial charge in [-0.15, -0.1) is 0 Å². The summed E-state index contributed by atoms with van der Waals surface area (Å²) in [5, 5.41) is 0. The van der Waals surface area contributed by atoms with Crippen molar-refractivity contribution < 1.29 is 23.9 Å². The second kappa shape index (κ2) is 8.02. The summed E-state index contributed by atoms with van der Waals surface area (Å²) in [5.41, 5.74) is 2.20. The standard InChI is InChI=1S/C22H19BrN2O5/c1-2-30-22(29)21(28)25-15(9-7-13-11-14(23)8-10-18(13)25)12-24-19(26)16-5-3-4-6-17(16)20(24)27/h3-6,8,10-11,15H,2,7,9,12H2,1H3. The Kier molecular flexibility index (Phi) is 5.42. The fraction of sp³-hybridized carbons (Fsp3) is 0.273. The van der Waals surface area contributed by atoms with E-state index in [2.05, 4.69) is 15.9 Å². The van der Waals surface area contributed by atoms with Crippen LogP contribution in [-0.2, 0) is 20.7 Å². The molecule has 2 aliphatic rings. The van der Waals surface area contributed by atoms with Gasteiger partial charge in [0.1, 0.15) is 0 Å². The third-order valence-corrected chi connectivity index (χ3v) is 5.85. The molecule has 0 aromatic heterocycles. The summed E-state index contributed by atoms with van der Waals surface area (Å²) in [6.07, 6.45) is 1.15. The number of esters is 1. The Bertz CT molecular complexity index is 1030. The van der Waals surface area contributed by atoms with Gasteiger partial charge in [-0.3, -0.25) is 24.2 Å². The fourth-order valence-electron chi connectivity index (χ4n) is 3.99. The van der Waals surface area contributed by atoms with Gasteiger partial charge >= 0.3 is 11.9 Å². The van der Waals surface area contributed by atoms with Gasteiger partial charge in [0.05, 0.1) is 30.3 Å². The number of halogens is 1. The average Bonchev–Trinajstić information content (AvgIpc) is 2.98. The lowest BCUT2D eigenvalue weighted by Gasteiger charge is -2.38. The summed E-state index contributed by atoms with van der Waals surface area (Å²) < 4.78 is 5.78. The molecule has 30 heavy (non-hydrogen) atoms. The van der Waals surface area contributed by atoms with Gasteiger partial charge in [-0.2, -0.15) is 0 Å².